The largest absolute Gasteiger partial charge is 0.502 e. The van der Waals surface area contributed by atoms with Gasteiger partial charge in [-0.05, 0) is 0 Å². The van der Waals surface area contributed by atoms with Crippen molar-refractivity contribution in [3.8, 4) is 5.75 Å². The molecular weight excluding hydrogens is 285 g/mol. The minimum Gasteiger partial charge on any atom is -0.502 e. The van der Waals surface area contributed by atoms with E-state index in [2.05, 4.69) is 4.98 Å². The van der Waals surface area contributed by atoms with Gasteiger partial charge < -0.3 is 21.0 Å². The van der Waals surface area contributed by atoms with Gasteiger partial charge in [0.2, 0.25) is 5.82 Å². The van der Waals surface area contributed by atoms with Gasteiger partial charge in [0.05, 0.1) is 4.92 Å². The van der Waals surface area contributed by atoms with Gasteiger partial charge in [-0.2, -0.15) is 0 Å². The van der Waals surface area contributed by atoms with Crippen molar-refractivity contribution in [3.05, 3.63) is 32.5 Å². The van der Waals surface area contributed by atoms with E-state index in [9.17, 15) is 10.1 Å². The average molecular weight is 290 g/mol. The molecule has 15 heavy (non-hydrogen) atoms. The van der Waals surface area contributed by atoms with Crippen molar-refractivity contribution < 1.29 is 42.7 Å². The van der Waals surface area contributed by atoms with Crippen molar-refractivity contribution in [2.45, 2.75) is 0 Å². The van der Waals surface area contributed by atoms with Gasteiger partial charge in [-0.1, -0.05) is 0 Å². The number of hydrogen-bond donors (Lipinski definition) is 2. The molecule has 0 atom stereocenters. The third-order valence-electron chi connectivity index (χ3n) is 1.11. The van der Waals surface area contributed by atoms with Crippen molar-refractivity contribution in [3.63, 3.8) is 0 Å². The molecule has 1 aromatic rings. The Balaban J connectivity index is 0. The number of nitro groups is 1. The molecule has 9 nitrogen and oxygen atoms in total. The van der Waals surface area contributed by atoms with Crippen LogP contribution < -0.4 is 5.73 Å². The van der Waals surface area contributed by atoms with Crippen LogP contribution in [0.2, 0.25) is 0 Å². The molecule has 0 aliphatic heterocycles. The molecule has 0 aromatic carbocycles. The quantitative estimate of drug-likeness (QED) is 0.434. The zero-order valence-electron chi connectivity index (χ0n) is 7.23. The van der Waals surface area contributed by atoms with E-state index in [1.807, 2.05) is 0 Å². The van der Waals surface area contributed by atoms with Crippen molar-refractivity contribution in [1.29, 1.82) is 0 Å². The van der Waals surface area contributed by atoms with E-state index in [4.69, 9.17) is 21.0 Å². The molecule has 0 saturated carbocycles. The van der Waals surface area contributed by atoms with E-state index in [-0.39, 0.29) is 38.5 Å². The summed E-state index contributed by atoms with van der Waals surface area (Å²) in [5, 5.41) is 28.1. The fraction of sp³-hybridized carbons (Fsp3) is 0. The van der Waals surface area contributed by atoms with Gasteiger partial charge in [0.15, 0.2) is 5.75 Å². The first-order valence-corrected chi connectivity index (χ1v) is 3.07. The zero-order chi connectivity index (χ0) is 11.1. The zero-order valence-corrected chi connectivity index (χ0v) is 10.1. The summed E-state index contributed by atoms with van der Waals surface area (Å²) in [5.74, 6) is -0.752. The van der Waals surface area contributed by atoms with Crippen LogP contribution in [0.15, 0.2) is 17.6 Å². The summed E-state index contributed by atoms with van der Waals surface area (Å²) >= 11 is 0. The number of nitrogens with zero attached hydrogens (tertiary/aromatic N) is 3. The Hall–Kier alpha value is -1.35. The van der Waals surface area contributed by atoms with Crippen molar-refractivity contribution in [2.24, 2.45) is 5.34 Å². The Bertz CT molecular complexity index is 326. The predicted octanol–water partition coefficient (Wildman–Crippen LogP) is 0.526. The standard InChI is InChI=1S/C5H5N3O3.HNO2.Y/c6-5-4(8(10)11)3(9)1-2-7-5;2-1-3;/h1-2H,(H3,6,7,9);(H,2,3);/p-1. The average Bonchev–Trinajstić information content (AvgIpc) is 2.04. The summed E-state index contributed by atoms with van der Waals surface area (Å²) in [6, 6.07) is 1.11. The summed E-state index contributed by atoms with van der Waals surface area (Å²) in [5.41, 5.74) is 4.56. The molecule has 1 rings (SSSR count). The summed E-state index contributed by atoms with van der Waals surface area (Å²) < 4.78 is 0. The molecule has 0 fully saturated rings. The second-order valence-electron chi connectivity index (χ2n) is 1.90. The Morgan fingerprint density at radius 3 is 2.33 bits per heavy atom. The van der Waals surface area contributed by atoms with Gasteiger partial charge in [0.1, 0.15) is 0 Å². The third-order valence-corrected chi connectivity index (χ3v) is 1.11. The SMILES string of the molecule is Nc1nccc(O)c1[N+](=O)[O-].O=N[O-].[Y]. The molecule has 79 valence electrons. The van der Waals surface area contributed by atoms with Gasteiger partial charge in [0.25, 0.3) is 0 Å². The molecule has 0 bridgehead atoms. The first-order valence-electron chi connectivity index (χ1n) is 3.07. The van der Waals surface area contributed by atoms with Crippen LogP contribution in [-0.2, 0) is 32.7 Å². The van der Waals surface area contributed by atoms with Crippen LogP contribution in [0.5, 0.6) is 5.75 Å². The number of anilines is 1. The number of pyridine rings is 1. The van der Waals surface area contributed by atoms with Crippen molar-refractivity contribution in [1.82, 2.24) is 4.98 Å². The van der Waals surface area contributed by atoms with E-state index in [1.54, 1.807) is 0 Å². The van der Waals surface area contributed by atoms with Gasteiger partial charge in [-0.3, -0.25) is 10.1 Å². The monoisotopic (exact) mass is 290 g/mol. The minimum absolute atomic E-state index is 0. The van der Waals surface area contributed by atoms with E-state index in [1.165, 1.54) is 6.20 Å². The molecule has 1 radical (unpaired) electrons. The maximum atomic E-state index is 10.2. The molecular formula is C5H5N4O5Y-. The first kappa shape index (κ1) is 16.1. The summed E-state index contributed by atoms with van der Waals surface area (Å²) in [7, 11) is 0. The molecule has 0 saturated heterocycles. The van der Waals surface area contributed by atoms with Gasteiger partial charge in [-0.15, -0.1) is 5.34 Å². The van der Waals surface area contributed by atoms with Crippen LogP contribution in [-0.4, -0.2) is 15.0 Å². The van der Waals surface area contributed by atoms with Crippen LogP contribution in [0.25, 0.3) is 0 Å². The van der Waals surface area contributed by atoms with Crippen LogP contribution in [0.1, 0.15) is 0 Å². The topological polar surface area (TPSA) is 155 Å². The summed E-state index contributed by atoms with van der Waals surface area (Å²) in [6.45, 7) is 0. The molecule has 1 heterocycles. The van der Waals surface area contributed by atoms with E-state index in [0.717, 1.165) is 11.4 Å². The number of aromatic hydroxyl groups is 1. The molecule has 0 unspecified atom stereocenters. The second kappa shape index (κ2) is 8.00. The number of hydrogen-bond acceptors (Lipinski definition) is 8. The first-order chi connectivity index (χ1) is 6.54. The maximum Gasteiger partial charge on any atom is 0.352 e. The van der Waals surface area contributed by atoms with Crippen LogP contribution >= 0.6 is 0 Å². The summed E-state index contributed by atoms with van der Waals surface area (Å²) in [4.78, 5) is 20.8. The molecule has 0 aliphatic carbocycles. The molecule has 0 spiro atoms. The van der Waals surface area contributed by atoms with Crippen molar-refractivity contribution in [2.75, 3.05) is 5.73 Å². The van der Waals surface area contributed by atoms with E-state index < -0.39 is 16.4 Å². The van der Waals surface area contributed by atoms with Crippen LogP contribution in [0, 0.1) is 20.2 Å². The Morgan fingerprint density at radius 2 is 2.07 bits per heavy atom. The van der Waals surface area contributed by atoms with Gasteiger partial charge >= 0.3 is 5.69 Å². The summed E-state index contributed by atoms with van der Waals surface area (Å²) in [6.07, 6.45) is 1.19. The minimum atomic E-state index is -0.780. The smallest absolute Gasteiger partial charge is 0.352 e. The Labute approximate surface area is 108 Å². The molecule has 0 amide bonds. The Kier molecular flexibility index (Phi) is 8.59. The number of aromatic nitrogens is 1. The maximum absolute atomic E-state index is 10.2. The third kappa shape index (κ3) is 5.18. The number of nitrogens with two attached hydrogens (primary N) is 1. The van der Waals surface area contributed by atoms with E-state index >= 15 is 0 Å². The van der Waals surface area contributed by atoms with Crippen molar-refractivity contribution >= 4 is 11.5 Å². The Morgan fingerprint density at radius 1 is 1.60 bits per heavy atom. The number of nitrogen functional groups attached to an aromatic ring is 1. The van der Waals surface area contributed by atoms with Crippen LogP contribution in [0.3, 0.4) is 0 Å². The fourth-order valence-electron chi connectivity index (χ4n) is 0.647. The second-order valence-corrected chi connectivity index (χ2v) is 1.90. The van der Waals surface area contributed by atoms with Gasteiger partial charge in [0, 0.05) is 45.0 Å². The molecule has 10 heteroatoms. The van der Waals surface area contributed by atoms with Crippen LogP contribution in [0.4, 0.5) is 11.5 Å². The van der Waals surface area contributed by atoms with Gasteiger partial charge in [-0.25, -0.2) is 4.98 Å². The fourth-order valence-corrected chi connectivity index (χ4v) is 0.647. The predicted molar refractivity (Wildman–Crippen MR) is 46.1 cm³/mol. The normalized spacial score (nSPS) is 7.73. The number of rotatable bonds is 1. The molecule has 3 N–H and O–H groups in total. The van der Waals surface area contributed by atoms with E-state index in [0.29, 0.717) is 0 Å². The molecule has 0 aliphatic rings. The molecule has 1 aromatic heterocycles.